The van der Waals surface area contributed by atoms with Crippen molar-refractivity contribution in [3.8, 4) is 0 Å². The molecular formula is C8H16N2O2. The summed E-state index contributed by atoms with van der Waals surface area (Å²) in [5.74, 6) is 0.158. The number of piperazine rings is 1. The zero-order valence-corrected chi connectivity index (χ0v) is 7.75. The van der Waals surface area contributed by atoms with Gasteiger partial charge in [-0.3, -0.25) is 9.63 Å². The van der Waals surface area contributed by atoms with E-state index < -0.39 is 0 Å². The Balaban J connectivity index is 2.25. The molecule has 12 heavy (non-hydrogen) atoms. The molecule has 0 spiro atoms. The topological polar surface area (TPSA) is 32.8 Å². The zero-order chi connectivity index (χ0) is 8.97. The highest BCUT2D eigenvalue weighted by molar-refractivity contribution is 5.73. The largest absolute Gasteiger partial charge is 0.340 e. The summed E-state index contributed by atoms with van der Waals surface area (Å²) in [4.78, 5) is 18.1. The maximum absolute atomic E-state index is 10.9. The number of hydrogen-bond donors (Lipinski definition) is 0. The van der Waals surface area contributed by atoms with Crippen LogP contribution in [0.5, 0.6) is 0 Å². The summed E-state index contributed by atoms with van der Waals surface area (Å²) in [5, 5.41) is 1.92. The number of nitrogens with zero attached hydrogens (tertiary/aromatic N) is 2. The second-order valence-corrected chi connectivity index (χ2v) is 2.85. The Bertz CT molecular complexity index is 153. The van der Waals surface area contributed by atoms with Crippen LogP contribution in [0, 0.1) is 0 Å². The molecule has 1 saturated heterocycles. The molecule has 1 amide bonds. The van der Waals surface area contributed by atoms with Crippen molar-refractivity contribution in [3.63, 3.8) is 0 Å². The van der Waals surface area contributed by atoms with Crippen molar-refractivity contribution >= 4 is 5.91 Å². The molecule has 0 unspecified atom stereocenters. The monoisotopic (exact) mass is 172 g/mol. The van der Waals surface area contributed by atoms with Crippen LogP contribution < -0.4 is 0 Å². The fourth-order valence-corrected chi connectivity index (χ4v) is 1.31. The first kappa shape index (κ1) is 9.48. The van der Waals surface area contributed by atoms with E-state index in [2.05, 4.69) is 0 Å². The minimum atomic E-state index is 0.158. The van der Waals surface area contributed by atoms with Crippen LogP contribution in [-0.2, 0) is 9.63 Å². The maximum atomic E-state index is 10.9. The average Bonchev–Trinajstić information content (AvgIpc) is 2.06. The molecule has 0 N–H and O–H groups in total. The van der Waals surface area contributed by atoms with Gasteiger partial charge in [0.1, 0.15) is 0 Å². The number of carbonyl (C=O) groups excluding carboxylic acids is 1. The molecule has 0 aliphatic carbocycles. The van der Waals surface area contributed by atoms with E-state index in [-0.39, 0.29) is 5.91 Å². The van der Waals surface area contributed by atoms with Crippen LogP contribution in [0.2, 0.25) is 0 Å². The Morgan fingerprint density at radius 1 is 1.33 bits per heavy atom. The fraction of sp³-hybridized carbons (Fsp3) is 0.875. The molecule has 0 aromatic rings. The molecule has 0 aromatic carbocycles. The molecule has 1 fully saturated rings. The minimum absolute atomic E-state index is 0.158. The van der Waals surface area contributed by atoms with Gasteiger partial charge in [-0.25, -0.2) is 0 Å². The first-order valence-corrected chi connectivity index (χ1v) is 4.37. The van der Waals surface area contributed by atoms with Crippen LogP contribution in [0.25, 0.3) is 0 Å². The van der Waals surface area contributed by atoms with Crippen LogP contribution in [-0.4, -0.2) is 48.7 Å². The third kappa shape index (κ3) is 2.46. The molecular weight excluding hydrogens is 156 g/mol. The molecule has 1 heterocycles. The predicted octanol–water partition coefficient (Wildman–Crippen LogP) is 0.102. The Morgan fingerprint density at radius 2 is 1.92 bits per heavy atom. The number of amides is 1. The molecule has 0 bridgehead atoms. The first-order valence-electron chi connectivity index (χ1n) is 4.37. The van der Waals surface area contributed by atoms with Crippen molar-refractivity contribution in [2.45, 2.75) is 13.8 Å². The SMILES string of the molecule is CCON1CCN(C(C)=O)CC1. The van der Waals surface area contributed by atoms with Gasteiger partial charge in [-0.2, -0.15) is 5.06 Å². The van der Waals surface area contributed by atoms with Gasteiger partial charge < -0.3 is 4.90 Å². The van der Waals surface area contributed by atoms with Crippen molar-refractivity contribution < 1.29 is 9.63 Å². The van der Waals surface area contributed by atoms with Crippen LogP contribution >= 0.6 is 0 Å². The van der Waals surface area contributed by atoms with Gasteiger partial charge in [0.25, 0.3) is 0 Å². The maximum Gasteiger partial charge on any atom is 0.219 e. The van der Waals surface area contributed by atoms with Crippen molar-refractivity contribution in [1.29, 1.82) is 0 Å². The molecule has 0 saturated carbocycles. The molecule has 70 valence electrons. The van der Waals surface area contributed by atoms with Gasteiger partial charge in [-0.05, 0) is 6.92 Å². The summed E-state index contributed by atoms with van der Waals surface area (Å²) in [7, 11) is 0. The van der Waals surface area contributed by atoms with Crippen LogP contribution in [0.15, 0.2) is 0 Å². The molecule has 0 radical (unpaired) electrons. The van der Waals surface area contributed by atoms with E-state index in [4.69, 9.17) is 4.84 Å². The van der Waals surface area contributed by atoms with E-state index in [0.717, 1.165) is 26.2 Å². The van der Waals surface area contributed by atoms with Crippen LogP contribution in [0.4, 0.5) is 0 Å². The van der Waals surface area contributed by atoms with Gasteiger partial charge in [-0.15, -0.1) is 0 Å². The molecule has 1 rings (SSSR count). The summed E-state index contributed by atoms with van der Waals surface area (Å²) in [5.41, 5.74) is 0. The van der Waals surface area contributed by atoms with E-state index in [0.29, 0.717) is 6.61 Å². The summed E-state index contributed by atoms with van der Waals surface area (Å²) in [6, 6.07) is 0. The Kier molecular flexibility index (Phi) is 3.49. The van der Waals surface area contributed by atoms with Gasteiger partial charge >= 0.3 is 0 Å². The average molecular weight is 172 g/mol. The van der Waals surface area contributed by atoms with Crippen molar-refractivity contribution in [2.24, 2.45) is 0 Å². The van der Waals surface area contributed by atoms with Crippen LogP contribution in [0.3, 0.4) is 0 Å². The molecule has 0 atom stereocenters. The van der Waals surface area contributed by atoms with Gasteiger partial charge in [0, 0.05) is 33.1 Å². The summed E-state index contributed by atoms with van der Waals surface area (Å²) in [6.07, 6.45) is 0. The third-order valence-electron chi connectivity index (χ3n) is 2.00. The highest BCUT2D eigenvalue weighted by Gasteiger charge is 2.17. The molecule has 1 aliphatic heterocycles. The molecule has 4 heteroatoms. The lowest BCUT2D eigenvalue weighted by atomic mass is 10.3. The predicted molar refractivity (Wildman–Crippen MR) is 45.5 cm³/mol. The number of hydroxylamine groups is 2. The lowest BCUT2D eigenvalue weighted by Crippen LogP contribution is -2.47. The first-order chi connectivity index (χ1) is 5.74. The zero-order valence-electron chi connectivity index (χ0n) is 7.75. The highest BCUT2D eigenvalue weighted by atomic mass is 16.7. The third-order valence-corrected chi connectivity index (χ3v) is 2.00. The quantitative estimate of drug-likeness (QED) is 0.592. The number of carbonyl (C=O) groups is 1. The number of hydrogen-bond acceptors (Lipinski definition) is 3. The van der Waals surface area contributed by atoms with E-state index in [1.165, 1.54) is 0 Å². The molecule has 1 aliphatic rings. The normalized spacial score (nSPS) is 19.7. The van der Waals surface area contributed by atoms with Gasteiger partial charge in [-0.1, -0.05) is 0 Å². The summed E-state index contributed by atoms with van der Waals surface area (Å²) < 4.78 is 0. The standard InChI is InChI=1S/C8H16N2O2/c1-3-12-10-6-4-9(5-7-10)8(2)11/h3-7H2,1-2H3. The van der Waals surface area contributed by atoms with Crippen LogP contribution in [0.1, 0.15) is 13.8 Å². The molecule has 4 nitrogen and oxygen atoms in total. The Hall–Kier alpha value is -0.610. The lowest BCUT2D eigenvalue weighted by Gasteiger charge is -2.32. The summed E-state index contributed by atoms with van der Waals surface area (Å²) in [6.45, 7) is 7.51. The van der Waals surface area contributed by atoms with E-state index in [9.17, 15) is 4.79 Å². The van der Waals surface area contributed by atoms with E-state index >= 15 is 0 Å². The van der Waals surface area contributed by atoms with E-state index in [1.807, 2.05) is 16.9 Å². The Morgan fingerprint density at radius 3 is 2.33 bits per heavy atom. The lowest BCUT2D eigenvalue weighted by molar-refractivity contribution is -0.176. The second-order valence-electron chi connectivity index (χ2n) is 2.85. The smallest absolute Gasteiger partial charge is 0.219 e. The van der Waals surface area contributed by atoms with Gasteiger partial charge in [0.05, 0.1) is 6.61 Å². The Labute approximate surface area is 73.0 Å². The second kappa shape index (κ2) is 4.42. The van der Waals surface area contributed by atoms with Gasteiger partial charge in [0.2, 0.25) is 5.91 Å². The van der Waals surface area contributed by atoms with Crippen molar-refractivity contribution in [1.82, 2.24) is 9.96 Å². The van der Waals surface area contributed by atoms with Gasteiger partial charge in [0.15, 0.2) is 0 Å². The van der Waals surface area contributed by atoms with Crippen molar-refractivity contribution in [2.75, 3.05) is 32.8 Å². The molecule has 0 aromatic heterocycles. The number of rotatable bonds is 2. The van der Waals surface area contributed by atoms with E-state index in [1.54, 1.807) is 6.92 Å². The fourth-order valence-electron chi connectivity index (χ4n) is 1.31. The minimum Gasteiger partial charge on any atom is -0.340 e. The summed E-state index contributed by atoms with van der Waals surface area (Å²) >= 11 is 0. The highest BCUT2D eigenvalue weighted by Crippen LogP contribution is 2.01. The van der Waals surface area contributed by atoms with Crippen molar-refractivity contribution in [3.05, 3.63) is 0 Å².